The lowest BCUT2D eigenvalue weighted by Gasteiger charge is -2.24. The molecule has 1 saturated heterocycles. The molecule has 1 fully saturated rings. The van der Waals surface area contributed by atoms with Crippen molar-refractivity contribution in [2.45, 2.75) is 32.4 Å². The molecule has 1 aliphatic rings. The summed E-state index contributed by atoms with van der Waals surface area (Å²) in [4.78, 5) is 14.4. The monoisotopic (exact) mass is 365 g/mol. The van der Waals surface area contributed by atoms with Crippen LogP contribution >= 0.6 is 24.8 Å². The van der Waals surface area contributed by atoms with Crippen molar-refractivity contribution in [2.75, 3.05) is 19.6 Å². The fourth-order valence-electron chi connectivity index (χ4n) is 2.61. The molecule has 2 unspecified atom stereocenters. The van der Waals surface area contributed by atoms with Gasteiger partial charge in [0.05, 0.1) is 6.04 Å². The average Bonchev–Trinajstić information content (AvgIpc) is 2.95. The molecule has 1 heterocycles. The Hall–Kier alpha value is -0.880. The van der Waals surface area contributed by atoms with E-state index in [9.17, 15) is 9.18 Å². The van der Waals surface area contributed by atoms with E-state index in [2.05, 4.69) is 10.2 Å². The lowest BCUT2D eigenvalue weighted by Crippen LogP contribution is -2.44. The van der Waals surface area contributed by atoms with Crippen molar-refractivity contribution in [3.63, 3.8) is 0 Å². The number of benzene rings is 1. The molecule has 0 radical (unpaired) electrons. The van der Waals surface area contributed by atoms with Gasteiger partial charge in [0.25, 0.3) is 0 Å². The first-order chi connectivity index (χ1) is 10.1. The van der Waals surface area contributed by atoms with Gasteiger partial charge in [-0.05, 0) is 49.5 Å². The summed E-state index contributed by atoms with van der Waals surface area (Å²) in [6.07, 6.45) is 1.90. The molecule has 1 aliphatic heterocycles. The highest BCUT2D eigenvalue weighted by molar-refractivity contribution is 5.85. The van der Waals surface area contributed by atoms with E-state index in [1.165, 1.54) is 12.1 Å². The van der Waals surface area contributed by atoms with Crippen LogP contribution < -0.4 is 11.1 Å². The zero-order valence-corrected chi connectivity index (χ0v) is 15.0. The molecule has 1 amide bonds. The van der Waals surface area contributed by atoms with Crippen LogP contribution in [0.1, 0.15) is 25.3 Å². The molecule has 1 aromatic rings. The van der Waals surface area contributed by atoms with Crippen molar-refractivity contribution in [3.05, 3.63) is 35.6 Å². The maximum absolute atomic E-state index is 12.9. The minimum absolute atomic E-state index is 0. The average molecular weight is 366 g/mol. The Labute approximate surface area is 149 Å². The van der Waals surface area contributed by atoms with Crippen LogP contribution in [0.15, 0.2) is 24.3 Å². The number of nitrogens with one attached hydrogen (secondary N) is 1. The summed E-state index contributed by atoms with van der Waals surface area (Å²) in [5.41, 5.74) is 6.59. The third-order valence-electron chi connectivity index (χ3n) is 3.99. The standard InChI is InChI=1S/C16H24FN3O.2ClH/c1-12(9-18)10-19-16(21)15-3-2-8-20(15)11-13-4-6-14(17)7-5-13;;/h4-7,12,15H,2-3,8-11,18H2,1H3,(H,19,21);2*1H. The fourth-order valence-corrected chi connectivity index (χ4v) is 2.61. The number of likely N-dealkylation sites (tertiary alicyclic amines) is 1. The van der Waals surface area contributed by atoms with Gasteiger partial charge in [0.15, 0.2) is 0 Å². The first-order valence-electron chi connectivity index (χ1n) is 7.56. The number of hydrogen-bond acceptors (Lipinski definition) is 3. The molecule has 4 nitrogen and oxygen atoms in total. The Morgan fingerprint density at radius 1 is 1.39 bits per heavy atom. The summed E-state index contributed by atoms with van der Waals surface area (Å²) in [6.45, 7) is 4.80. The number of carbonyl (C=O) groups excluding carboxylic acids is 1. The summed E-state index contributed by atoms with van der Waals surface area (Å²) in [6, 6.07) is 6.39. The predicted molar refractivity (Wildman–Crippen MR) is 95.6 cm³/mol. The van der Waals surface area contributed by atoms with E-state index in [1.54, 1.807) is 12.1 Å². The van der Waals surface area contributed by atoms with Crippen LogP contribution in [0, 0.1) is 11.7 Å². The van der Waals surface area contributed by atoms with Gasteiger partial charge in [0, 0.05) is 13.1 Å². The third kappa shape index (κ3) is 6.63. The van der Waals surface area contributed by atoms with E-state index in [1.807, 2.05) is 6.92 Å². The Morgan fingerprint density at radius 2 is 2.04 bits per heavy atom. The van der Waals surface area contributed by atoms with Crippen molar-refractivity contribution >= 4 is 30.7 Å². The number of amides is 1. The molecule has 2 atom stereocenters. The molecule has 1 aromatic carbocycles. The molecule has 2 rings (SSSR count). The molecule has 132 valence electrons. The number of nitrogens with two attached hydrogens (primary N) is 1. The van der Waals surface area contributed by atoms with E-state index >= 15 is 0 Å². The van der Waals surface area contributed by atoms with Crippen LogP contribution in [0.25, 0.3) is 0 Å². The van der Waals surface area contributed by atoms with E-state index in [0.29, 0.717) is 25.6 Å². The smallest absolute Gasteiger partial charge is 0.237 e. The number of rotatable bonds is 6. The number of halogens is 3. The van der Waals surface area contributed by atoms with Crippen molar-refractivity contribution in [3.8, 4) is 0 Å². The molecule has 23 heavy (non-hydrogen) atoms. The summed E-state index contributed by atoms with van der Waals surface area (Å²) in [5.74, 6) is 0.140. The first-order valence-corrected chi connectivity index (χ1v) is 7.56. The van der Waals surface area contributed by atoms with Crippen molar-refractivity contribution in [1.29, 1.82) is 0 Å². The zero-order chi connectivity index (χ0) is 15.2. The number of nitrogens with zero attached hydrogens (tertiary/aromatic N) is 1. The van der Waals surface area contributed by atoms with Gasteiger partial charge in [-0.2, -0.15) is 0 Å². The van der Waals surface area contributed by atoms with E-state index in [4.69, 9.17) is 5.73 Å². The van der Waals surface area contributed by atoms with Gasteiger partial charge in [-0.3, -0.25) is 9.69 Å². The van der Waals surface area contributed by atoms with E-state index < -0.39 is 0 Å². The maximum atomic E-state index is 12.9. The highest BCUT2D eigenvalue weighted by Gasteiger charge is 2.30. The minimum atomic E-state index is -0.231. The number of hydrogen-bond donors (Lipinski definition) is 2. The lowest BCUT2D eigenvalue weighted by atomic mass is 10.1. The fraction of sp³-hybridized carbons (Fsp3) is 0.562. The van der Waals surface area contributed by atoms with Gasteiger partial charge in [0.2, 0.25) is 5.91 Å². The van der Waals surface area contributed by atoms with Crippen LogP contribution in [0.4, 0.5) is 4.39 Å². The summed E-state index contributed by atoms with van der Waals surface area (Å²) in [7, 11) is 0. The van der Waals surface area contributed by atoms with Crippen molar-refractivity contribution in [2.24, 2.45) is 11.7 Å². The summed E-state index contributed by atoms with van der Waals surface area (Å²) >= 11 is 0. The Morgan fingerprint density at radius 3 is 2.65 bits per heavy atom. The molecule has 0 aliphatic carbocycles. The van der Waals surface area contributed by atoms with Gasteiger partial charge in [-0.1, -0.05) is 19.1 Å². The Balaban J connectivity index is 0.00000242. The van der Waals surface area contributed by atoms with Gasteiger partial charge >= 0.3 is 0 Å². The zero-order valence-electron chi connectivity index (χ0n) is 13.3. The second-order valence-electron chi connectivity index (χ2n) is 5.84. The van der Waals surface area contributed by atoms with E-state index in [0.717, 1.165) is 24.9 Å². The predicted octanol–water partition coefficient (Wildman–Crippen LogP) is 2.34. The molecule has 0 aromatic heterocycles. The normalized spacial score (nSPS) is 18.7. The lowest BCUT2D eigenvalue weighted by molar-refractivity contribution is -0.125. The Bertz CT molecular complexity index is 473. The second-order valence-corrected chi connectivity index (χ2v) is 5.84. The summed E-state index contributed by atoms with van der Waals surface area (Å²) in [5, 5.41) is 2.98. The molecule has 0 spiro atoms. The van der Waals surface area contributed by atoms with Gasteiger partial charge in [-0.15, -0.1) is 24.8 Å². The third-order valence-corrected chi connectivity index (χ3v) is 3.99. The number of carbonyl (C=O) groups is 1. The first kappa shape index (κ1) is 22.1. The largest absolute Gasteiger partial charge is 0.354 e. The van der Waals surface area contributed by atoms with E-state index in [-0.39, 0.29) is 42.6 Å². The van der Waals surface area contributed by atoms with Crippen LogP contribution in [-0.2, 0) is 11.3 Å². The van der Waals surface area contributed by atoms with Gasteiger partial charge in [-0.25, -0.2) is 4.39 Å². The molecular formula is C16H26Cl2FN3O. The van der Waals surface area contributed by atoms with Crippen LogP contribution in [0.5, 0.6) is 0 Å². The van der Waals surface area contributed by atoms with Gasteiger partial charge < -0.3 is 11.1 Å². The Kier molecular flexibility index (Phi) is 10.4. The topological polar surface area (TPSA) is 58.4 Å². The van der Waals surface area contributed by atoms with Crippen LogP contribution in [-0.4, -0.2) is 36.5 Å². The molecular weight excluding hydrogens is 340 g/mol. The molecule has 0 saturated carbocycles. The minimum Gasteiger partial charge on any atom is -0.354 e. The van der Waals surface area contributed by atoms with Crippen molar-refractivity contribution < 1.29 is 9.18 Å². The van der Waals surface area contributed by atoms with Crippen LogP contribution in [0.3, 0.4) is 0 Å². The second kappa shape index (κ2) is 10.8. The maximum Gasteiger partial charge on any atom is 0.237 e. The summed E-state index contributed by atoms with van der Waals surface area (Å²) < 4.78 is 12.9. The van der Waals surface area contributed by atoms with Gasteiger partial charge in [0.1, 0.15) is 5.82 Å². The SMILES string of the molecule is CC(CN)CNC(=O)C1CCCN1Cc1ccc(F)cc1.Cl.Cl. The molecule has 3 N–H and O–H groups in total. The highest BCUT2D eigenvalue weighted by Crippen LogP contribution is 2.20. The molecule has 0 bridgehead atoms. The van der Waals surface area contributed by atoms with Crippen molar-refractivity contribution in [1.82, 2.24) is 10.2 Å². The van der Waals surface area contributed by atoms with Crippen LogP contribution in [0.2, 0.25) is 0 Å². The highest BCUT2D eigenvalue weighted by atomic mass is 35.5. The quantitative estimate of drug-likeness (QED) is 0.813. The molecule has 7 heteroatoms.